The second-order valence-electron chi connectivity index (χ2n) is 4.90. The fourth-order valence-electron chi connectivity index (χ4n) is 1.86. The molecule has 2 N–H and O–H groups in total. The highest BCUT2D eigenvalue weighted by atomic mass is 16.4. The van der Waals surface area contributed by atoms with Crippen LogP contribution in [-0.4, -0.2) is 41.1 Å². The molecule has 0 saturated carbocycles. The lowest BCUT2D eigenvalue weighted by Gasteiger charge is -2.28. The van der Waals surface area contributed by atoms with Gasteiger partial charge in [0.05, 0.1) is 0 Å². The molecule has 0 bridgehead atoms. The number of hydrogen-bond donors (Lipinski definition) is 2. The largest absolute Gasteiger partial charge is 0.480 e. The maximum atomic E-state index is 12.0. The average Bonchev–Trinajstić information content (AvgIpc) is 2.35. The molecule has 102 valence electrons. The molecule has 0 aromatic rings. The van der Waals surface area contributed by atoms with Crippen LogP contribution in [0.2, 0.25) is 0 Å². The van der Waals surface area contributed by atoms with Crippen molar-refractivity contribution < 1.29 is 14.7 Å². The van der Waals surface area contributed by atoms with Gasteiger partial charge in [0.15, 0.2) is 0 Å². The Morgan fingerprint density at radius 2 is 2.22 bits per heavy atom. The van der Waals surface area contributed by atoms with E-state index in [9.17, 15) is 9.59 Å². The van der Waals surface area contributed by atoms with E-state index in [2.05, 4.69) is 5.32 Å². The Labute approximate surface area is 108 Å². The van der Waals surface area contributed by atoms with E-state index < -0.39 is 12.0 Å². The second kappa shape index (κ2) is 6.42. The summed E-state index contributed by atoms with van der Waals surface area (Å²) in [5, 5.41) is 11.7. The van der Waals surface area contributed by atoms with Crippen LogP contribution >= 0.6 is 0 Å². The first-order valence-electron chi connectivity index (χ1n) is 6.39. The predicted molar refractivity (Wildman–Crippen MR) is 69.4 cm³/mol. The molecule has 0 aromatic heterocycles. The van der Waals surface area contributed by atoms with Crippen LogP contribution in [-0.2, 0) is 4.79 Å². The van der Waals surface area contributed by atoms with E-state index >= 15 is 0 Å². The first-order chi connectivity index (χ1) is 8.45. The van der Waals surface area contributed by atoms with Gasteiger partial charge in [-0.2, -0.15) is 0 Å². The van der Waals surface area contributed by atoms with Crippen LogP contribution in [0.5, 0.6) is 0 Å². The third-order valence-corrected chi connectivity index (χ3v) is 3.48. The number of rotatable bonds is 4. The first-order valence-corrected chi connectivity index (χ1v) is 6.39. The maximum absolute atomic E-state index is 12.0. The summed E-state index contributed by atoms with van der Waals surface area (Å²) < 4.78 is 0. The lowest BCUT2D eigenvalue weighted by molar-refractivity contribution is -0.140. The van der Waals surface area contributed by atoms with E-state index in [1.807, 2.05) is 26.8 Å². The van der Waals surface area contributed by atoms with Crippen LogP contribution in [0.4, 0.5) is 4.79 Å². The number of carbonyl (C=O) groups excluding carboxylic acids is 1. The van der Waals surface area contributed by atoms with Gasteiger partial charge >= 0.3 is 12.0 Å². The summed E-state index contributed by atoms with van der Waals surface area (Å²) in [5.74, 6) is -1.05. The van der Waals surface area contributed by atoms with Gasteiger partial charge in [0.1, 0.15) is 6.04 Å². The smallest absolute Gasteiger partial charge is 0.326 e. The number of amides is 2. The van der Waals surface area contributed by atoms with Gasteiger partial charge < -0.3 is 15.3 Å². The summed E-state index contributed by atoms with van der Waals surface area (Å²) in [6.45, 7) is 7.00. The van der Waals surface area contributed by atoms with Gasteiger partial charge in [-0.15, -0.1) is 0 Å². The van der Waals surface area contributed by atoms with Crippen molar-refractivity contribution in [3.63, 3.8) is 0 Å². The molecule has 1 aliphatic heterocycles. The highest BCUT2D eigenvalue weighted by Crippen LogP contribution is 2.12. The van der Waals surface area contributed by atoms with Crippen LogP contribution in [0.15, 0.2) is 11.6 Å². The minimum Gasteiger partial charge on any atom is -0.480 e. The maximum Gasteiger partial charge on any atom is 0.326 e. The van der Waals surface area contributed by atoms with Crippen LogP contribution in [0.3, 0.4) is 0 Å². The lowest BCUT2D eigenvalue weighted by atomic mass is 9.99. The van der Waals surface area contributed by atoms with Crippen molar-refractivity contribution in [1.82, 2.24) is 10.2 Å². The Balaban J connectivity index is 2.59. The molecular formula is C13H22N2O3. The van der Waals surface area contributed by atoms with Crippen molar-refractivity contribution in [2.45, 2.75) is 39.7 Å². The van der Waals surface area contributed by atoms with Crippen molar-refractivity contribution in [1.29, 1.82) is 0 Å². The topological polar surface area (TPSA) is 69.6 Å². The molecule has 18 heavy (non-hydrogen) atoms. The SMILES string of the molecule is CC[C@H](C)[C@H](NC(=O)N1CC=C(C)CC1)C(=O)O. The van der Waals surface area contributed by atoms with E-state index in [4.69, 9.17) is 5.11 Å². The van der Waals surface area contributed by atoms with Crippen molar-refractivity contribution in [3.8, 4) is 0 Å². The lowest BCUT2D eigenvalue weighted by Crippen LogP contribution is -2.51. The average molecular weight is 254 g/mol. The van der Waals surface area contributed by atoms with Crippen LogP contribution < -0.4 is 5.32 Å². The number of carboxylic acid groups (broad SMARTS) is 1. The molecule has 5 nitrogen and oxygen atoms in total. The Morgan fingerprint density at radius 3 is 2.67 bits per heavy atom. The van der Waals surface area contributed by atoms with Crippen LogP contribution in [0.25, 0.3) is 0 Å². The summed E-state index contributed by atoms with van der Waals surface area (Å²) in [6, 6.07) is -1.10. The molecule has 0 spiro atoms. The number of carboxylic acids is 1. The van der Waals surface area contributed by atoms with Gasteiger partial charge in [-0.3, -0.25) is 0 Å². The first kappa shape index (κ1) is 14.5. The Bertz CT molecular complexity index is 352. The summed E-state index contributed by atoms with van der Waals surface area (Å²) in [6.07, 6.45) is 3.58. The normalized spacial score (nSPS) is 18.8. The molecule has 0 radical (unpaired) electrons. The molecule has 1 aliphatic rings. The zero-order chi connectivity index (χ0) is 13.7. The fraction of sp³-hybridized carbons (Fsp3) is 0.692. The molecule has 0 unspecified atom stereocenters. The quantitative estimate of drug-likeness (QED) is 0.752. The van der Waals surface area contributed by atoms with E-state index in [-0.39, 0.29) is 11.9 Å². The molecule has 1 heterocycles. The summed E-state index contributed by atoms with van der Waals surface area (Å²) in [4.78, 5) is 24.7. The number of hydrogen-bond acceptors (Lipinski definition) is 2. The van der Waals surface area contributed by atoms with Gasteiger partial charge in [-0.05, 0) is 19.3 Å². The molecular weight excluding hydrogens is 232 g/mol. The summed E-state index contributed by atoms with van der Waals surface area (Å²) in [7, 11) is 0. The van der Waals surface area contributed by atoms with E-state index in [0.29, 0.717) is 13.1 Å². The van der Waals surface area contributed by atoms with Crippen molar-refractivity contribution in [3.05, 3.63) is 11.6 Å². The zero-order valence-electron chi connectivity index (χ0n) is 11.3. The fourth-order valence-corrected chi connectivity index (χ4v) is 1.86. The van der Waals surface area contributed by atoms with Gasteiger partial charge in [0.25, 0.3) is 0 Å². The predicted octanol–water partition coefficient (Wildman–Crippen LogP) is 1.85. The molecule has 0 saturated heterocycles. The summed E-state index contributed by atoms with van der Waals surface area (Å²) >= 11 is 0. The number of carbonyl (C=O) groups is 2. The monoisotopic (exact) mass is 254 g/mol. The van der Waals surface area contributed by atoms with E-state index in [1.165, 1.54) is 5.57 Å². The van der Waals surface area contributed by atoms with E-state index in [1.54, 1.807) is 4.90 Å². The molecule has 2 amide bonds. The number of nitrogens with one attached hydrogen (secondary N) is 1. The highest BCUT2D eigenvalue weighted by Gasteiger charge is 2.27. The Morgan fingerprint density at radius 1 is 1.56 bits per heavy atom. The molecule has 1 rings (SSSR count). The second-order valence-corrected chi connectivity index (χ2v) is 4.90. The highest BCUT2D eigenvalue weighted by molar-refractivity contribution is 5.83. The third-order valence-electron chi connectivity index (χ3n) is 3.48. The van der Waals surface area contributed by atoms with Crippen molar-refractivity contribution in [2.75, 3.05) is 13.1 Å². The summed E-state index contributed by atoms with van der Waals surface area (Å²) in [5.41, 5.74) is 1.27. The van der Waals surface area contributed by atoms with Gasteiger partial charge in [-0.1, -0.05) is 31.9 Å². The van der Waals surface area contributed by atoms with Crippen molar-refractivity contribution >= 4 is 12.0 Å². The van der Waals surface area contributed by atoms with Crippen molar-refractivity contribution in [2.24, 2.45) is 5.92 Å². The molecule has 5 heteroatoms. The minimum atomic E-state index is -0.971. The third kappa shape index (κ3) is 3.75. The van der Waals surface area contributed by atoms with Crippen LogP contribution in [0.1, 0.15) is 33.6 Å². The molecule has 2 atom stereocenters. The van der Waals surface area contributed by atoms with Gasteiger partial charge in [0.2, 0.25) is 0 Å². The Hall–Kier alpha value is -1.52. The standard InChI is InChI=1S/C13H22N2O3/c1-4-10(3)11(12(16)17)14-13(18)15-7-5-9(2)6-8-15/h5,10-11H,4,6-8H2,1-3H3,(H,14,18)(H,16,17)/t10-,11-/m0/s1. The zero-order valence-corrected chi connectivity index (χ0v) is 11.3. The molecule has 0 fully saturated rings. The van der Waals surface area contributed by atoms with Gasteiger partial charge in [0, 0.05) is 13.1 Å². The molecule has 0 aliphatic carbocycles. The number of urea groups is 1. The van der Waals surface area contributed by atoms with Crippen LogP contribution in [0, 0.1) is 5.92 Å². The Kier molecular flexibility index (Phi) is 5.19. The molecule has 0 aromatic carbocycles. The minimum absolute atomic E-state index is 0.0754. The number of nitrogens with zero attached hydrogens (tertiary/aromatic N) is 1. The van der Waals surface area contributed by atoms with E-state index in [0.717, 1.165) is 12.8 Å². The number of aliphatic carboxylic acids is 1. The van der Waals surface area contributed by atoms with Gasteiger partial charge in [-0.25, -0.2) is 9.59 Å².